The number of aldehydes is 1. The number of rotatable bonds is 3. The number of benzene rings is 1. The third kappa shape index (κ3) is 1.82. The lowest BCUT2D eigenvalue weighted by Gasteiger charge is -2.21. The number of hydrogen-bond donors (Lipinski definition) is 0. The van der Waals surface area contributed by atoms with Gasteiger partial charge in [0.2, 0.25) is 0 Å². The van der Waals surface area contributed by atoms with Crippen molar-refractivity contribution in [1.82, 2.24) is 0 Å². The highest BCUT2D eigenvalue weighted by molar-refractivity contribution is 5.67. The molecular weight excluding hydrogens is 174 g/mol. The van der Waals surface area contributed by atoms with Crippen LogP contribution in [-0.2, 0) is 10.2 Å². The Morgan fingerprint density at radius 2 is 2.00 bits per heavy atom. The minimum atomic E-state index is -0.423. The summed E-state index contributed by atoms with van der Waals surface area (Å²) in [6.45, 7) is 3.88. The quantitative estimate of drug-likeness (QED) is 0.682. The van der Waals surface area contributed by atoms with Gasteiger partial charge in [0.05, 0.1) is 11.6 Å². The predicted octanol–water partition coefficient (Wildman–Crippen LogP) is 2.42. The molecule has 0 bridgehead atoms. The number of carbonyl (C=O) groups is 1. The highest BCUT2D eigenvalue weighted by Gasteiger charge is 2.23. The van der Waals surface area contributed by atoms with Gasteiger partial charge in [-0.05, 0) is 31.0 Å². The molecule has 0 amide bonds. The van der Waals surface area contributed by atoms with E-state index >= 15 is 0 Å². The van der Waals surface area contributed by atoms with E-state index in [-0.39, 0.29) is 0 Å². The van der Waals surface area contributed by atoms with E-state index in [9.17, 15) is 4.79 Å². The van der Waals surface area contributed by atoms with Gasteiger partial charge in [0.1, 0.15) is 6.29 Å². The number of carbonyl (C=O) groups excluding carboxylic acids is 1. The summed E-state index contributed by atoms with van der Waals surface area (Å²) in [6, 6.07) is 9.23. The van der Waals surface area contributed by atoms with Crippen molar-refractivity contribution < 1.29 is 4.79 Å². The van der Waals surface area contributed by atoms with E-state index < -0.39 is 5.41 Å². The largest absolute Gasteiger partial charge is 0.302 e. The first-order chi connectivity index (χ1) is 6.66. The number of hydrogen-bond acceptors (Lipinski definition) is 2. The van der Waals surface area contributed by atoms with Crippen molar-refractivity contribution in [2.24, 2.45) is 0 Å². The van der Waals surface area contributed by atoms with Crippen LogP contribution in [-0.4, -0.2) is 6.29 Å². The zero-order chi connectivity index (χ0) is 10.6. The van der Waals surface area contributed by atoms with Gasteiger partial charge >= 0.3 is 0 Å². The summed E-state index contributed by atoms with van der Waals surface area (Å²) in [5.74, 6) is 0. The highest BCUT2D eigenvalue weighted by atomic mass is 16.1. The lowest BCUT2D eigenvalue weighted by molar-refractivity contribution is -0.112. The SMILES string of the molecule is CC[C@@](C)(C=O)c1ccc(C#N)cc1. The third-order valence-corrected chi connectivity index (χ3v) is 2.67. The van der Waals surface area contributed by atoms with Crippen LogP contribution in [0, 0.1) is 11.3 Å². The molecule has 0 aromatic heterocycles. The molecule has 0 unspecified atom stereocenters. The van der Waals surface area contributed by atoms with E-state index in [1.807, 2.05) is 26.0 Å². The molecule has 2 nitrogen and oxygen atoms in total. The molecule has 1 rings (SSSR count). The summed E-state index contributed by atoms with van der Waals surface area (Å²) in [5, 5.41) is 8.63. The van der Waals surface area contributed by atoms with Crippen LogP contribution < -0.4 is 0 Å². The van der Waals surface area contributed by atoms with Gasteiger partial charge in [-0.25, -0.2) is 0 Å². The number of nitrogens with zero attached hydrogens (tertiary/aromatic N) is 1. The Hall–Kier alpha value is -1.62. The van der Waals surface area contributed by atoms with Gasteiger partial charge < -0.3 is 4.79 Å². The molecule has 0 fully saturated rings. The molecule has 0 aliphatic carbocycles. The predicted molar refractivity (Wildman–Crippen MR) is 54.9 cm³/mol. The van der Waals surface area contributed by atoms with Gasteiger partial charge in [0, 0.05) is 5.41 Å². The summed E-state index contributed by atoms with van der Waals surface area (Å²) in [6.07, 6.45) is 1.73. The molecule has 2 heteroatoms. The van der Waals surface area contributed by atoms with Crippen LogP contribution in [0.1, 0.15) is 31.4 Å². The minimum absolute atomic E-state index is 0.423. The molecule has 1 aromatic rings. The Labute approximate surface area is 84.2 Å². The smallest absolute Gasteiger partial charge is 0.130 e. The fourth-order valence-electron chi connectivity index (χ4n) is 1.28. The Morgan fingerprint density at radius 3 is 2.36 bits per heavy atom. The second kappa shape index (κ2) is 4.06. The molecule has 0 N–H and O–H groups in total. The first kappa shape index (κ1) is 10.5. The molecule has 1 atom stereocenters. The molecular formula is C12H13NO. The zero-order valence-electron chi connectivity index (χ0n) is 8.45. The van der Waals surface area contributed by atoms with E-state index in [1.165, 1.54) is 0 Å². The topological polar surface area (TPSA) is 40.9 Å². The summed E-state index contributed by atoms with van der Waals surface area (Å²) < 4.78 is 0. The van der Waals surface area contributed by atoms with Gasteiger partial charge in [0.15, 0.2) is 0 Å². The van der Waals surface area contributed by atoms with E-state index in [1.54, 1.807) is 12.1 Å². The van der Waals surface area contributed by atoms with Gasteiger partial charge in [-0.2, -0.15) is 5.26 Å². The minimum Gasteiger partial charge on any atom is -0.302 e. The average Bonchev–Trinajstić information content (AvgIpc) is 2.28. The second-order valence-corrected chi connectivity index (χ2v) is 3.58. The molecule has 1 aromatic carbocycles. The van der Waals surface area contributed by atoms with E-state index in [2.05, 4.69) is 6.07 Å². The average molecular weight is 187 g/mol. The van der Waals surface area contributed by atoms with Crippen LogP contribution in [0.2, 0.25) is 0 Å². The fraction of sp³-hybridized carbons (Fsp3) is 0.333. The van der Waals surface area contributed by atoms with E-state index in [4.69, 9.17) is 5.26 Å². The summed E-state index contributed by atoms with van der Waals surface area (Å²) in [4.78, 5) is 10.9. The molecule has 0 aliphatic rings. The molecule has 0 saturated heterocycles. The molecule has 72 valence electrons. The van der Waals surface area contributed by atoms with Crippen molar-refractivity contribution in [3.8, 4) is 6.07 Å². The van der Waals surface area contributed by atoms with Gasteiger partial charge in [-0.1, -0.05) is 19.1 Å². The first-order valence-corrected chi connectivity index (χ1v) is 4.63. The molecule has 14 heavy (non-hydrogen) atoms. The maximum Gasteiger partial charge on any atom is 0.130 e. The Kier molecular flexibility index (Phi) is 3.03. The molecule has 0 radical (unpaired) electrons. The Bertz CT molecular complexity index is 361. The normalized spacial score (nSPS) is 14.1. The van der Waals surface area contributed by atoms with Crippen molar-refractivity contribution in [3.05, 3.63) is 35.4 Å². The van der Waals surface area contributed by atoms with Crippen molar-refractivity contribution in [2.75, 3.05) is 0 Å². The van der Waals surface area contributed by atoms with E-state index in [0.29, 0.717) is 5.56 Å². The lowest BCUT2D eigenvalue weighted by atomic mass is 9.81. The molecule has 0 aliphatic heterocycles. The maximum absolute atomic E-state index is 10.9. The maximum atomic E-state index is 10.9. The summed E-state index contributed by atoms with van der Waals surface area (Å²) in [7, 11) is 0. The van der Waals surface area contributed by atoms with Crippen LogP contribution >= 0.6 is 0 Å². The zero-order valence-corrected chi connectivity index (χ0v) is 8.45. The molecule has 0 saturated carbocycles. The standard InChI is InChI=1S/C12H13NO/c1-3-12(2,9-14)11-6-4-10(8-13)5-7-11/h4-7,9H,3H2,1-2H3/t12-/m0/s1. The van der Waals surface area contributed by atoms with Crippen molar-refractivity contribution in [2.45, 2.75) is 25.7 Å². The Balaban J connectivity index is 3.08. The van der Waals surface area contributed by atoms with E-state index in [0.717, 1.165) is 18.3 Å². The molecule has 0 spiro atoms. The lowest BCUT2D eigenvalue weighted by Crippen LogP contribution is -2.22. The van der Waals surface area contributed by atoms with Gasteiger partial charge in [0.25, 0.3) is 0 Å². The van der Waals surface area contributed by atoms with Crippen LogP contribution in [0.3, 0.4) is 0 Å². The van der Waals surface area contributed by atoms with Crippen molar-refractivity contribution >= 4 is 6.29 Å². The second-order valence-electron chi connectivity index (χ2n) is 3.58. The molecule has 0 heterocycles. The highest BCUT2D eigenvalue weighted by Crippen LogP contribution is 2.24. The fourth-order valence-corrected chi connectivity index (χ4v) is 1.28. The van der Waals surface area contributed by atoms with Crippen LogP contribution in [0.5, 0.6) is 0 Å². The van der Waals surface area contributed by atoms with Crippen LogP contribution in [0.25, 0.3) is 0 Å². The van der Waals surface area contributed by atoms with Crippen LogP contribution in [0.4, 0.5) is 0 Å². The first-order valence-electron chi connectivity index (χ1n) is 4.63. The summed E-state index contributed by atoms with van der Waals surface area (Å²) in [5.41, 5.74) is 1.17. The monoisotopic (exact) mass is 187 g/mol. The third-order valence-electron chi connectivity index (χ3n) is 2.67. The van der Waals surface area contributed by atoms with Crippen molar-refractivity contribution in [3.63, 3.8) is 0 Å². The van der Waals surface area contributed by atoms with Gasteiger partial charge in [-0.3, -0.25) is 0 Å². The Morgan fingerprint density at radius 1 is 1.43 bits per heavy atom. The summed E-state index contributed by atoms with van der Waals surface area (Å²) >= 11 is 0. The van der Waals surface area contributed by atoms with Crippen molar-refractivity contribution in [1.29, 1.82) is 5.26 Å². The number of nitriles is 1. The van der Waals surface area contributed by atoms with Gasteiger partial charge in [-0.15, -0.1) is 0 Å². The van der Waals surface area contributed by atoms with Crippen LogP contribution in [0.15, 0.2) is 24.3 Å².